The first kappa shape index (κ1) is 10.8. The number of alkyl halides is 1. The van der Waals surface area contributed by atoms with Gasteiger partial charge in [0.15, 0.2) is 0 Å². The molecule has 0 nitrogen and oxygen atoms in total. The van der Waals surface area contributed by atoms with E-state index >= 15 is 0 Å². The Balaban J connectivity index is 2.45. The zero-order chi connectivity index (χ0) is 9.52. The molecule has 0 spiro atoms. The lowest BCUT2D eigenvalue weighted by molar-refractivity contribution is 1.20. The summed E-state index contributed by atoms with van der Waals surface area (Å²) in [5.74, 6) is 0. The summed E-state index contributed by atoms with van der Waals surface area (Å²) >= 11 is 9.23. The van der Waals surface area contributed by atoms with Crippen LogP contribution in [-0.4, -0.2) is 5.33 Å². The predicted molar refractivity (Wildman–Crippen MR) is 62.7 cm³/mol. The van der Waals surface area contributed by atoms with E-state index in [1.807, 2.05) is 18.2 Å². The fourth-order valence-electron chi connectivity index (χ4n) is 1.06. The van der Waals surface area contributed by atoms with E-state index in [0.29, 0.717) is 0 Å². The molecule has 0 radical (unpaired) electrons. The van der Waals surface area contributed by atoms with Gasteiger partial charge >= 0.3 is 0 Å². The van der Waals surface area contributed by atoms with E-state index in [0.717, 1.165) is 23.2 Å². The number of rotatable bonds is 4. The molecule has 0 heterocycles. The second-order valence-corrected chi connectivity index (χ2v) is 4.01. The fourth-order valence-corrected chi connectivity index (χ4v) is 1.54. The summed E-state index contributed by atoms with van der Waals surface area (Å²) in [5.41, 5.74) is 1.26. The first-order valence-corrected chi connectivity index (χ1v) is 5.78. The van der Waals surface area contributed by atoms with Crippen LogP contribution < -0.4 is 0 Å². The molecule has 1 aromatic carbocycles. The summed E-state index contributed by atoms with van der Waals surface area (Å²) < 4.78 is 0. The summed E-state index contributed by atoms with van der Waals surface area (Å²) in [7, 11) is 0. The molecule has 1 rings (SSSR count). The van der Waals surface area contributed by atoms with Gasteiger partial charge in [0.2, 0.25) is 0 Å². The van der Waals surface area contributed by atoms with E-state index in [1.54, 1.807) is 0 Å². The monoisotopic (exact) mass is 258 g/mol. The molecule has 0 aliphatic carbocycles. The number of hydrogen-bond donors (Lipinski definition) is 0. The third kappa shape index (κ3) is 4.49. The standard InChI is InChI=1S/C11H12BrCl/c12-8-3-1-2-5-10-6-4-7-11(13)9-10/h1-2,4,6-7,9H,3,5,8H2. The van der Waals surface area contributed by atoms with E-state index < -0.39 is 0 Å². The Hall–Kier alpha value is -0.270. The minimum atomic E-state index is 0.811. The maximum absolute atomic E-state index is 5.85. The number of halogens is 2. The van der Waals surface area contributed by atoms with Gasteiger partial charge in [-0.2, -0.15) is 0 Å². The zero-order valence-electron chi connectivity index (χ0n) is 7.34. The van der Waals surface area contributed by atoms with Crippen LogP contribution in [0, 0.1) is 0 Å². The first-order valence-electron chi connectivity index (χ1n) is 4.28. The zero-order valence-corrected chi connectivity index (χ0v) is 9.68. The molecule has 0 N–H and O–H groups in total. The van der Waals surface area contributed by atoms with Gasteiger partial charge in [0.1, 0.15) is 0 Å². The molecule has 0 bridgehead atoms. The van der Waals surface area contributed by atoms with Crippen molar-refractivity contribution >= 4 is 27.5 Å². The van der Waals surface area contributed by atoms with Gasteiger partial charge in [-0.3, -0.25) is 0 Å². The van der Waals surface area contributed by atoms with Gasteiger partial charge in [-0.05, 0) is 30.5 Å². The van der Waals surface area contributed by atoms with Gasteiger partial charge in [0.05, 0.1) is 0 Å². The smallest absolute Gasteiger partial charge is 0.0408 e. The Bertz CT molecular complexity index is 281. The third-order valence-electron chi connectivity index (χ3n) is 1.69. The van der Waals surface area contributed by atoms with Crippen LogP contribution in [0.1, 0.15) is 12.0 Å². The molecular formula is C11H12BrCl. The van der Waals surface area contributed by atoms with Crippen molar-refractivity contribution in [2.45, 2.75) is 12.8 Å². The van der Waals surface area contributed by atoms with Crippen LogP contribution in [0.2, 0.25) is 5.02 Å². The van der Waals surface area contributed by atoms with Crippen LogP contribution in [0.5, 0.6) is 0 Å². The summed E-state index contributed by atoms with van der Waals surface area (Å²) in [6.45, 7) is 0. The van der Waals surface area contributed by atoms with Crippen LogP contribution in [0.3, 0.4) is 0 Å². The molecule has 70 valence electrons. The van der Waals surface area contributed by atoms with Crippen molar-refractivity contribution in [2.24, 2.45) is 0 Å². The number of hydrogen-bond acceptors (Lipinski definition) is 0. The summed E-state index contributed by atoms with van der Waals surface area (Å²) in [4.78, 5) is 0. The first-order chi connectivity index (χ1) is 6.33. The lowest BCUT2D eigenvalue weighted by atomic mass is 10.1. The summed E-state index contributed by atoms with van der Waals surface area (Å²) in [5, 5.41) is 1.84. The van der Waals surface area contributed by atoms with E-state index in [1.165, 1.54) is 5.56 Å². The molecular weight excluding hydrogens is 247 g/mol. The van der Waals surface area contributed by atoms with Gasteiger partial charge in [0.25, 0.3) is 0 Å². The number of benzene rings is 1. The fraction of sp³-hybridized carbons (Fsp3) is 0.273. The van der Waals surface area contributed by atoms with Crippen molar-refractivity contribution in [3.05, 3.63) is 47.0 Å². The minimum Gasteiger partial charge on any atom is -0.0925 e. The van der Waals surface area contributed by atoms with Crippen LogP contribution >= 0.6 is 27.5 Å². The van der Waals surface area contributed by atoms with Crippen molar-refractivity contribution in [3.63, 3.8) is 0 Å². The molecule has 0 aliphatic rings. The minimum absolute atomic E-state index is 0.811. The van der Waals surface area contributed by atoms with E-state index in [9.17, 15) is 0 Å². The van der Waals surface area contributed by atoms with Gasteiger partial charge in [0, 0.05) is 10.4 Å². The molecule has 1 aromatic rings. The SMILES string of the molecule is Clc1cccc(CC=CCCBr)c1. The van der Waals surface area contributed by atoms with Gasteiger partial charge < -0.3 is 0 Å². The van der Waals surface area contributed by atoms with E-state index in [2.05, 4.69) is 34.1 Å². The topological polar surface area (TPSA) is 0 Å². The van der Waals surface area contributed by atoms with Crippen molar-refractivity contribution in [1.82, 2.24) is 0 Å². The second-order valence-electron chi connectivity index (χ2n) is 2.78. The highest BCUT2D eigenvalue weighted by atomic mass is 79.9. The normalized spacial score (nSPS) is 10.9. The molecule has 0 aliphatic heterocycles. The largest absolute Gasteiger partial charge is 0.0925 e. The highest BCUT2D eigenvalue weighted by Crippen LogP contribution is 2.11. The van der Waals surface area contributed by atoms with E-state index in [4.69, 9.17) is 11.6 Å². The highest BCUT2D eigenvalue weighted by molar-refractivity contribution is 9.09. The molecule has 0 amide bonds. The van der Waals surface area contributed by atoms with Crippen molar-refractivity contribution < 1.29 is 0 Å². The number of allylic oxidation sites excluding steroid dienone is 2. The van der Waals surface area contributed by atoms with E-state index in [-0.39, 0.29) is 0 Å². The average molecular weight is 260 g/mol. The van der Waals surface area contributed by atoms with Gasteiger partial charge in [-0.25, -0.2) is 0 Å². The quantitative estimate of drug-likeness (QED) is 0.561. The third-order valence-corrected chi connectivity index (χ3v) is 2.38. The van der Waals surface area contributed by atoms with Gasteiger partial charge in [-0.1, -0.05) is 51.8 Å². The molecule has 0 atom stereocenters. The Morgan fingerprint density at radius 1 is 1.31 bits per heavy atom. The van der Waals surface area contributed by atoms with Crippen molar-refractivity contribution in [1.29, 1.82) is 0 Å². The Labute approximate surface area is 92.7 Å². The molecule has 2 heteroatoms. The Kier molecular flexibility index (Phi) is 5.18. The molecule has 0 fully saturated rings. The van der Waals surface area contributed by atoms with Crippen LogP contribution in [0.4, 0.5) is 0 Å². The van der Waals surface area contributed by atoms with Crippen LogP contribution in [0.15, 0.2) is 36.4 Å². The van der Waals surface area contributed by atoms with Crippen LogP contribution in [-0.2, 0) is 6.42 Å². The molecule has 0 saturated heterocycles. The summed E-state index contributed by atoms with van der Waals surface area (Å²) in [6, 6.07) is 7.97. The molecule has 0 unspecified atom stereocenters. The van der Waals surface area contributed by atoms with Crippen molar-refractivity contribution in [2.75, 3.05) is 5.33 Å². The predicted octanol–water partition coefficient (Wildman–Crippen LogP) is 4.22. The van der Waals surface area contributed by atoms with Crippen LogP contribution in [0.25, 0.3) is 0 Å². The average Bonchev–Trinajstić information content (AvgIpc) is 2.13. The summed E-state index contributed by atoms with van der Waals surface area (Å²) in [6.07, 6.45) is 6.40. The Morgan fingerprint density at radius 3 is 2.85 bits per heavy atom. The lowest BCUT2D eigenvalue weighted by Gasteiger charge is -1.96. The molecule has 0 aromatic heterocycles. The highest BCUT2D eigenvalue weighted by Gasteiger charge is 1.90. The maximum atomic E-state index is 5.85. The second kappa shape index (κ2) is 6.22. The van der Waals surface area contributed by atoms with Gasteiger partial charge in [-0.15, -0.1) is 0 Å². The molecule has 13 heavy (non-hydrogen) atoms. The Morgan fingerprint density at radius 2 is 2.15 bits per heavy atom. The lowest BCUT2D eigenvalue weighted by Crippen LogP contribution is -1.79. The maximum Gasteiger partial charge on any atom is 0.0408 e. The molecule has 0 saturated carbocycles. The van der Waals surface area contributed by atoms with Crippen molar-refractivity contribution in [3.8, 4) is 0 Å².